The fourth-order valence-electron chi connectivity index (χ4n) is 2.44. The Balaban J connectivity index is 2.35. The lowest BCUT2D eigenvalue weighted by Gasteiger charge is -2.34. The molecule has 0 aromatic heterocycles. The number of nitrogens with zero attached hydrogens (tertiary/aromatic N) is 1. The first-order valence-corrected chi connectivity index (χ1v) is 6.97. The Kier molecular flexibility index (Phi) is 3.52. The van der Waals surface area contributed by atoms with Gasteiger partial charge in [0.1, 0.15) is 0 Å². The molecule has 98 valence electrons. The molecule has 1 aromatic carbocycles. The number of benzene rings is 1. The minimum Gasteiger partial charge on any atom is -0.332 e. The molecule has 1 aliphatic heterocycles. The van der Waals surface area contributed by atoms with Gasteiger partial charge in [0.25, 0.3) is 5.91 Å². The molecule has 1 fully saturated rings. The highest BCUT2D eigenvalue weighted by Gasteiger charge is 2.42. The van der Waals surface area contributed by atoms with Gasteiger partial charge in [0.05, 0.1) is 5.54 Å². The van der Waals surface area contributed by atoms with Gasteiger partial charge in [-0.25, -0.2) is 0 Å². The molecule has 3 nitrogen and oxygen atoms in total. The molecule has 1 aliphatic rings. The van der Waals surface area contributed by atoms with Crippen molar-refractivity contribution in [1.82, 2.24) is 4.90 Å². The zero-order valence-corrected chi connectivity index (χ0v) is 12.6. The number of likely N-dealkylation sites (tertiary alicyclic amines) is 1. The third-order valence-corrected chi connectivity index (χ3v) is 4.44. The summed E-state index contributed by atoms with van der Waals surface area (Å²) in [6, 6.07) is 5.85. The Hall–Kier alpha value is -0.870. The number of carbonyl (C=O) groups is 1. The number of aryl methyl sites for hydroxylation is 1. The number of hydrogen-bond donors (Lipinski definition) is 1. The van der Waals surface area contributed by atoms with Gasteiger partial charge in [0, 0.05) is 22.6 Å². The molecular weight excluding hydrogens is 292 g/mol. The number of nitrogens with two attached hydrogens (primary N) is 1. The van der Waals surface area contributed by atoms with Crippen molar-refractivity contribution in [1.29, 1.82) is 0 Å². The van der Waals surface area contributed by atoms with Crippen LogP contribution < -0.4 is 5.73 Å². The molecule has 4 heteroatoms. The van der Waals surface area contributed by atoms with Gasteiger partial charge in [-0.1, -0.05) is 22.0 Å². The highest BCUT2D eigenvalue weighted by molar-refractivity contribution is 9.10. The van der Waals surface area contributed by atoms with Crippen molar-refractivity contribution in [2.24, 2.45) is 5.73 Å². The van der Waals surface area contributed by atoms with Gasteiger partial charge >= 0.3 is 0 Å². The molecule has 1 saturated heterocycles. The van der Waals surface area contributed by atoms with Crippen molar-refractivity contribution < 1.29 is 4.79 Å². The van der Waals surface area contributed by atoms with E-state index >= 15 is 0 Å². The zero-order valence-electron chi connectivity index (χ0n) is 11.0. The Bertz CT molecular complexity index is 485. The third-order valence-electron chi connectivity index (χ3n) is 3.94. The molecule has 1 amide bonds. The number of carbonyl (C=O) groups excluding carboxylic acids is 1. The average Bonchev–Trinajstić information content (AvgIpc) is 2.57. The van der Waals surface area contributed by atoms with E-state index in [2.05, 4.69) is 15.9 Å². The highest BCUT2D eigenvalue weighted by atomic mass is 79.9. The molecule has 1 unspecified atom stereocenters. The quantitative estimate of drug-likeness (QED) is 0.867. The summed E-state index contributed by atoms with van der Waals surface area (Å²) in [7, 11) is 0. The van der Waals surface area contributed by atoms with Crippen LogP contribution in [0.1, 0.15) is 36.2 Å². The van der Waals surface area contributed by atoms with Crippen LogP contribution in [0.3, 0.4) is 0 Å². The van der Waals surface area contributed by atoms with Crippen molar-refractivity contribution in [3.05, 3.63) is 33.8 Å². The van der Waals surface area contributed by atoms with E-state index in [-0.39, 0.29) is 17.5 Å². The van der Waals surface area contributed by atoms with Crippen LogP contribution in [0.5, 0.6) is 0 Å². The van der Waals surface area contributed by atoms with E-state index in [1.54, 1.807) is 0 Å². The molecule has 1 heterocycles. The maximum atomic E-state index is 12.6. The summed E-state index contributed by atoms with van der Waals surface area (Å²) >= 11 is 3.42. The summed E-state index contributed by atoms with van der Waals surface area (Å²) in [5, 5.41) is 0. The summed E-state index contributed by atoms with van der Waals surface area (Å²) in [5.74, 6) is 0.0757. The summed E-state index contributed by atoms with van der Waals surface area (Å²) < 4.78 is 0.928. The molecule has 2 N–H and O–H groups in total. The first-order chi connectivity index (χ1) is 8.34. The average molecular weight is 311 g/mol. The second kappa shape index (κ2) is 4.67. The monoisotopic (exact) mass is 310 g/mol. The lowest BCUT2D eigenvalue weighted by atomic mass is 9.96. The Morgan fingerprint density at radius 3 is 2.72 bits per heavy atom. The molecular formula is C14H19BrN2O. The van der Waals surface area contributed by atoms with Crippen molar-refractivity contribution >= 4 is 21.8 Å². The van der Waals surface area contributed by atoms with Crippen LogP contribution in [0.4, 0.5) is 0 Å². The van der Waals surface area contributed by atoms with Crippen LogP contribution in [0.15, 0.2) is 22.7 Å². The van der Waals surface area contributed by atoms with Gasteiger partial charge in [-0.15, -0.1) is 0 Å². The Labute approximate surface area is 116 Å². The molecule has 0 radical (unpaired) electrons. The normalized spacial score (nSPS) is 22.3. The van der Waals surface area contributed by atoms with E-state index < -0.39 is 0 Å². The van der Waals surface area contributed by atoms with Crippen LogP contribution in [0.2, 0.25) is 0 Å². The van der Waals surface area contributed by atoms with Crippen LogP contribution in [-0.4, -0.2) is 28.9 Å². The predicted octanol–water partition coefficient (Wildman–Crippen LogP) is 2.71. The molecule has 0 bridgehead atoms. The number of halogens is 1. The molecule has 0 spiro atoms. The smallest absolute Gasteiger partial charge is 0.254 e. The largest absolute Gasteiger partial charge is 0.332 e. The van der Waals surface area contributed by atoms with Gasteiger partial charge in [-0.3, -0.25) is 4.79 Å². The lowest BCUT2D eigenvalue weighted by Crippen LogP contribution is -2.51. The molecule has 0 saturated carbocycles. The van der Waals surface area contributed by atoms with Gasteiger partial charge in [-0.05, 0) is 44.9 Å². The zero-order chi connectivity index (χ0) is 13.5. The highest BCUT2D eigenvalue weighted by Crippen LogP contribution is 2.30. The molecule has 0 aliphatic carbocycles. The fourth-order valence-corrected chi connectivity index (χ4v) is 2.80. The van der Waals surface area contributed by atoms with E-state index in [9.17, 15) is 4.79 Å². The standard InChI is InChI=1S/C14H19BrN2O/c1-9-4-5-10(15)8-11(9)13(18)17-7-6-12(16)14(17,2)3/h4-5,8,12H,6-7,16H2,1-3H3. The van der Waals surface area contributed by atoms with Gasteiger partial charge < -0.3 is 10.6 Å². The van der Waals surface area contributed by atoms with Crippen LogP contribution in [0, 0.1) is 6.92 Å². The third kappa shape index (κ3) is 2.19. The first-order valence-electron chi connectivity index (χ1n) is 6.17. The molecule has 2 rings (SSSR count). The van der Waals surface area contributed by atoms with E-state index in [1.165, 1.54) is 0 Å². The van der Waals surface area contributed by atoms with Crippen molar-refractivity contribution in [3.63, 3.8) is 0 Å². The SMILES string of the molecule is Cc1ccc(Br)cc1C(=O)N1CCC(N)C1(C)C. The predicted molar refractivity (Wildman–Crippen MR) is 76.6 cm³/mol. The van der Waals surface area contributed by atoms with E-state index in [1.807, 2.05) is 43.9 Å². The fraction of sp³-hybridized carbons (Fsp3) is 0.500. The lowest BCUT2D eigenvalue weighted by molar-refractivity contribution is 0.0636. The number of rotatable bonds is 1. The maximum absolute atomic E-state index is 12.6. The minimum atomic E-state index is -0.272. The Morgan fingerprint density at radius 1 is 1.50 bits per heavy atom. The maximum Gasteiger partial charge on any atom is 0.254 e. The Morgan fingerprint density at radius 2 is 2.17 bits per heavy atom. The second-order valence-electron chi connectivity index (χ2n) is 5.46. The second-order valence-corrected chi connectivity index (χ2v) is 6.38. The summed E-state index contributed by atoms with van der Waals surface area (Å²) in [4.78, 5) is 14.5. The van der Waals surface area contributed by atoms with Crippen LogP contribution in [0.25, 0.3) is 0 Å². The van der Waals surface area contributed by atoms with Crippen LogP contribution >= 0.6 is 15.9 Å². The molecule has 1 aromatic rings. The van der Waals surface area contributed by atoms with Gasteiger partial charge in [-0.2, -0.15) is 0 Å². The van der Waals surface area contributed by atoms with Crippen molar-refractivity contribution in [2.45, 2.75) is 38.8 Å². The number of amides is 1. The molecule has 18 heavy (non-hydrogen) atoms. The number of hydrogen-bond acceptors (Lipinski definition) is 2. The van der Waals surface area contributed by atoms with Gasteiger partial charge in [0.15, 0.2) is 0 Å². The first kappa shape index (κ1) is 13.6. The summed E-state index contributed by atoms with van der Waals surface area (Å²) in [6.07, 6.45) is 0.867. The van der Waals surface area contributed by atoms with Crippen molar-refractivity contribution in [3.8, 4) is 0 Å². The van der Waals surface area contributed by atoms with E-state index in [4.69, 9.17) is 5.73 Å². The van der Waals surface area contributed by atoms with Crippen LogP contribution in [-0.2, 0) is 0 Å². The summed E-state index contributed by atoms with van der Waals surface area (Å²) in [5.41, 5.74) is 7.57. The van der Waals surface area contributed by atoms with E-state index in [0.29, 0.717) is 0 Å². The molecule has 1 atom stereocenters. The van der Waals surface area contributed by atoms with Gasteiger partial charge in [0.2, 0.25) is 0 Å². The summed E-state index contributed by atoms with van der Waals surface area (Å²) in [6.45, 7) is 6.77. The van der Waals surface area contributed by atoms with Crippen molar-refractivity contribution in [2.75, 3.05) is 6.54 Å². The minimum absolute atomic E-state index is 0.0499. The topological polar surface area (TPSA) is 46.3 Å². The van der Waals surface area contributed by atoms with E-state index in [0.717, 1.165) is 28.6 Å².